The molecule has 4 rings (SSSR count). The Morgan fingerprint density at radius 1 is 1.23 bits per heavy atom. The molecule has 0 saturated carbocycles. The number of alkyl halides is 3. The van der Waals surface area contributed by atoms with Crippen molar-refractivity contribution in [1.29, 1.82) is 5.26 Å². The van der Waals surface area contributed by atoms with Crippen LogP contribution in [0.15, 0.2) is 18.3 Å². The quantitative estimate of drug-likeness (QED) is 0.422. The number of nitrogens with one attached hydrogen (secondary N) is 2. The van der Waals surface area contributed by atoms with Gasteiger partial charge < -0.3 is 19.3 Å². The summed E-state index contributed by atoms with van der Waals surface area (Å²) in [7, 11) is 1.55. The maximum Gasteiger partial charge on any atom is 0.402 e. The summed E-state index contributed by atoms with van der Waals surface area (Å²) in [5, 5.41) is 8.92. The van der Waals surface area contributed by atoms with Crippen molar-refractivity contribution in [1.82, 2.24) is 25.6 Å². The molecule has 11 nitrogen and oxygen atoms in total. The summed E-state index contributed by atoms with van der Waals surface area (Å²) >= 11 is 0. The summed E-state index contributed by atoms with van der Waals surface area (Å²) in [6, 6.07) is 4.16. The zero-order valence-electron chi connectivity index (χ0n) is 21.8. The van der Waals surface area contributed by atoms with Crippen molar-refractivity contribution in [2.75, 3.05) is 71.1 Å². The Morgan fingerprint density at radius 3 is 2.64 bits per heavy atom. The number of hydrogen-bond acceptors (Lipinski definition) is 9. The minimum absolute atomic E-state index is 0.0194. The molecule has 14 heteroatoms. The first-order valence-corrected chi connectivity index (χ1v) is 13.0. The average Bonchev–Trinajstić information content (AvgIpc) is 3.33. The van der Waals surface area contributed by atoms with Crippen LogP contribution in [0.5, 0.6) is 0 Å². The SMILES string of the molecule is COCC1C[C@@H](COCCC(=O)N2CCN(c3ccc(C#N)cn3)CC2)N(C2CNNC(=O)C2C(F)(F)F)C1. The number of methoxy groups -OCH3 is 1. The molecule has 4 atom stereocenters. The van der Waals surface area contributed by atoms with Gasteiger partial charge in [-0.25, -0.2) is 10.4 Å². The second-order valence-electron chi connectivity index (χ2n) is 10.1. The summed E-state index contributed by atoms with van der Waals surface area (Å²) in [4.78, 5) is 34.7. The van der Waals surface area contributed by atoms with E-state index >= 15 is 0 Å². The lowest BCUT2D eigenvalue weighted by Crippen LogP contribution is -2.65. The molecule has 0 radical (unpaired) electrons. The third-order valence-corrected chi connectivity index (χ3v) is 7.52. The standard InChI is InChI=1S/C25H34F3N7O4/c1-38-15-18-10-19(35(14-18)20-13-31-32-24(37)23(20)25(26,27)28)16-39-9-4-22(36)34-7-5-33(6-8-34)21-3-2-17(11-29)12-30-21/h2-3,12,18-20,23,31H,4-10,13-16H2,1H3,(H,32,37)/t18?,19-,20?,23?/m0/s1. The van der Waals surface area contributed by atoms with E-state index in [9.17, 15) is 22.8 Å². The van der Waals surface area contributed by atoms with E-state index in [2.05, 4.69) is 20.7 Å². The molecule has 3 fully saturated rings. The van der Waals surface area contributed by atoms with E-state index in [1.165, 1.54) is 6.20 Å². The van der Waals surface area contributed by atoms with Gasteiger partial charge in [0.25, 0.3) is 0 Å². The average molecular weight is 554 g/mol. The Hall–Kier alpha value is -2.99. The monoisotopic (exact) mass is 553 g/mol. The zero-order valence-corrected chi connectivity index (χ0v) is 21.8. The number of hydrogen-bond donors (Lipinski definition) is 2. The molecule has 214 valence electrons. The minimum Gasteiger partial charge on any atom is -0.384 e. The van der Waals surface area contributed by atoms with Crippen LogP contribution in [0.2, 0.25) is 0 Å². The van der Waals surface area contributed by atoms with Gasteiger partial charge in [-0.2, -0.15) is 18.4 Å². The Labute approximate surface area is 225 Å². The summed E-state index contributed by atoms with van der Waals surface area (Å²) in [6.45, 7) is 3.35. The third-order valence-electron chi connectivity index (χ3n) is 7.52. The molecule has 1 aromatic rings. The molecule has 39 heavy (non-hydrogen) atoms. The lowest BCUT2D eigenvalue weighted by molar-refractivity contribution is -0.201. The van der Waals surface area contributed by atoms with Crippen LogP contribution in [0.25, 0.3) is 0 Å². The predicted molar refractivity (Wildman–Crippen MR) is 133 cm³/mol. The van der Waals surface area contributed by atoms with Crippen LogP contribution in [-0.4, -0.2) is 111 Å². The first kappa shape index (κ1) is 29.0. The Morgan fingerprint density at radius 2 is 2.00 bits per heavy atom. The summed E-state index contributed by atoms with van der Waals surface area (Å²) < 4.78 is 52.3. The smallest absolute Gasteiger partial charge is 0.384 e. The van der Waals surface area contributed by atoms with Crippen molar-refractivity contribution in [2.45, 2.75) is 31.1 Å². The highest BCUT2D eigenvalue weighted by molar-refractivity contribution is 5.80. The Balaban J connectivity index is 1.26. The molecule has 0 bridgehead atoms. The third kappa shape index (κ3) is 7.16. The maximum atomic E-state index is 13.8. The van der Waals surface area contributed by atoms with Crippen LogP contribution in [0.1, 0.15) is 18.4 Å². The van der Waals surface area contributed by atoms with Gasteiger partial charge in [0.15, 0.2) is 5.92 Å². The highest BCUT2D eigenvalue weighted by Gasteiger charge is 2.55. The number of rotatable bonds is 9. The molecule has 3 saturated heterocycles. The van der Waals surface area contributed by atoms with Crippen LogP contribution in [0.3, 0.4) is 0 Å². The topological polar surface area (TPSA) is 123 Å². The number of hydrazine groups is 1. The first-order chi connectivity index (χ1) is 18.7. The number of ether oxygens (including phenoxy) is 2. The van der Waals surface area contributed by atoms with Crippen LogP contribution < -0.4 is 15.8 Å². The molecule has 3 aliphatic heterocycles. The molecule has 1 aromatic heterocycles. The minimum atomic E-state index is -4.67. The highest BCUT2D eigenvalue weighted by Crippen LogP contribution is 2.36. The number of likely N-dealkylation sites (tertiary alicyclic amines) is 1. The Kier molecular flexibility index (Phi) is 9.60. The fourth-order valence-corrected chi connectivity index (χ4v) is 5.62. The summed E-state index contributed by atoms with van der Waals surface area (Å²) in [6.07, 6.45) is -2.40. The van der Waals surface area contributed by atoms with E-state index in [1.54, 1.807) is 29.0 Å². The second-order valence-corrected chi connectivity index (χ2v) is 10.1. The van der Waals surface area contributed by atoms with E-state index < -0.39 is 24.0 Å². The van der Waals surface area contributed by atoms with Gasteiger partial charge in [-0.15, -0.1) is 0 Å². The number of anilines is 1. The highest BCUT2D eigenvalue weighted by atomic mass is 19.4. The number of halogens is 3. The van der Waals surface area contributed by atoms with E-state index in [0.29, 0.717) is 51.3 Å². The lowest BCUT2D eigenvalue weighted by atomic mass is 9.94. The number of piperazine rings is 1. The zero-order chi connectivity index (χ0) is 28.0. The largest absolute Gasteiger partial charge is 0.402 e. The van der Waals surface area contributed by atoms with E-state index in [0.717, 1.165) is 5.82 Å². The van der Waals surface area contributed by atoms with E-state index in [-0.39, 0.29) is 44.0 Å². The van der Waals surface area contributed by atoms with Crippen LogP contribution in [0, 0.1) is 23.2 Å². The maximum absolute atomic E-state index is 13.8. The lowest BCUT2D eigenvalue weighted by Gasteiger charge is -2.41. The predicted octanol–water partition coefficient (Wildman–Crippen LogP) is 0.527. The van der Waals surface area contributed by atoms with Gasteiger partial charge in [0.2, 0.25) is 11.8 Å². The van der Waals surface area contributed by atoms with Crippen LogP contribution in [0.4, 0.5) is 19.0 Å². The second kappa shape index (κ2) is 12.9. The molecule has 2 N–H and O–H groups in total. The number of carbonyl (C=O) groups is 2. The Bertz CT molecular complexity index is 1030. The van der Waals surface area contributed by atoms with Crippen molar-refractivity contribution in [3.05, 3.63) is 23.9 Å². The molecule has 0 spiro atoms. The van der Waals surface area contributed by atoms with Gasteiger partial charge in [0.1, 0.15) is 11.9 Å². The number of amides is 2. The van der Waals surface area contributed by atoms with Crippen molar-refractivity contribution < 1.29 is 32.2 Å². The van der Waals surface area contributed by atoms with Gasteiger partial charge in [-0.3, -0.25) is 19.9 Å². The molecule has 2 amide bonds. The van der Waals surface area contributed by atoms with Gasteiger partial charge in [0, 0.05) is 64.7 Å². The number of pyridine rings is 1. The van der Waals surface area contributed by atoms with E-state index in [4.69, 9.17) is 14.7 Å². The van der Waals surface area contributed by atoms with Crippen molar-refractivity contribution in [3.8, 4) is 6.07 Å². The van der Waals surface area contributed by atoms with Crippen LogP contribution >= 0.6 is 0 Å². The number of nitriles is 1. The van der Waals surface area contributed by atoms with Gasteiger partial charge in [-0.1, -0.05) is 0 Å². The fourth-order valence-electron chi connectivity index (χ4n) is 5.62. The molecule has 0 aromatic carbocycles. The van der Waals surface area contributed by atoms with Gasteiger partial charge >= 0.3 is 6.18 Å². The fraction of sp³-hybridized carbons (Fsp3) is 0.680. The van der Waals surface area contributed by atoms with Crippen molar-refractivity contribution >= 4 is 17.6 Å². The number of nitrogens with zero attached hydrogens (tertiary/aromatic N) is 5. The summed E-state index contributed by atoms with van der Waals surface area (Å²) in [5.74, 6) is -2.49. The van der Waals surface area contributed by atoms with Gasteiger partial charge in [-0.05, 0) is 24.5 Å². The van der Waals surface area contributed by atoms with E-state index in [1.807, 2.05) is 6.07 Å². The molecular formula is C25H34F3N7O4. The van der Waals surface area contributed by atoms with Crippen LogP contribution in [-0.2, 0) is 19.1 Å². The number of aromatic nitrogens is 1. The molecular weight excluding hydrogens is 519 g/mol. The first-order valence-electron chi connectivity index (χ1n) is 13.0. The number of carbonyl (C=O) groups excluding carboxylic acids is 2. The van der Waals surface area contributed by atoms with Gasteiger partial charge in [0.05, 0.1) is 31.8 Å². The van der Waals surface area contributed by atoms with Crippen molar-refractivity contribution in [3.63, 3.8) is 0 Å². The normalized spacial score (nSPS) is 26.4. The summed E-state index contributed by atoms with van der Waals surface area (Å²) in [5.41, 5.74) is 5.18. The molecule has 0 aliphatic carbocycles. The van der Waals surface area contributed by atoms with Crippen molar-refractivity contribution in [2.24, 2.45) is 11.8 Å². The molecule has 3 aliphatic rings. The molecule has 3 unspecified atom stereocenters. The molecule has 4 heterocycles.